The minimum Gasteiger partial charge on any atom is -0.468 e. The predicted molar refractivity (Wildman–Crippen MR) is 88.8 cm³/mol. The number of likely N-dealkylation sites (tertiary alicyclic amines) is 1. The summed E-state index contributed by atoms with van der Waals surface area (Å²) in [5.41, 5.74) is 6.09. The van der Waals surface area contributed by atoms with Crippen molar-refractivity contribution in [1.29, 1.82) is 0 Å². The maximum Gasteiger partial charge on any atom is 0.188 e. The summed E-state index contributed by atoms with van der Waals surface area (Å²) in [6.45, 7) is 2.91. The van der Waals surface area contributed by atoms with Gasteiger partial charge in [0.2, 0.25) is 0 Å². The lowest BCUT2D eigenvalue weighted by Crippen LogP contribution is -2.41. The first-order valence-corrected chi connectivity index (χ1v) is 8.67. The van der Waals surface area contributed by atoms with Crippen molar-refractivity contribution in [3.05, 3.63) is 24.2 Å². The molecule has 0 aromatic carbocycles. The van der Waals surface area contributed by atoms with Gasteiger partial charge in [-0.25, -0.2) is 0 Å². The number of guanidine groups is 1. The number of furan rings is 1. The molecule has 5 heteroatoms. The Kier molecular flexibility index (Phi) is 5.38. The van der Waals surface area contributed by atoms with Gasteiger partial charge in [-0.05, 0) is 50.9 Å². The number of nitrogens with zero attached hydrogens (tertiary/aromatic N) is 2. The molecule has 2 heterocycles. The molecule has 22 heavy (non-hydrogen) atoms. The molecule has 1 aliphatic carbocycles. The first kappa shape index (κ1) is 15.4. The first-order valence-electron chi connectivity index (χ1n) is 8.67. The second-order valence-corrected chi connectivity index (χ2v) is 6.48. The summed E-state index contributed by atoms with van der Waals surface area (Å²) in [4.78, 5) is 7.06. The fourth-order valence-corrected chi connectivity index (χ4v) is 3.61. The number of nitrogens with one attached hydrogen (secondary N) is 1. The van der Waals surface area contributed by atoms with Crippen LogP contribution in [0.25, 0.3) is 0 Å². The van der Waals surface area contributed by atoms with Crippen molar-refractivity contribution in [2.75, 3.05) is 19.6 Å². The van der Waals surface area contributed by atoms with Crippen LogP contribution in [-0.4, -0.2) is 36.5 Å². The number of aliphatic imine (C=N–C) groups is 1. The van der Waals surface area contributed by atoms with Crippen molar-refractivity contribution in [3.8, 4) is 0 Å². The maximum absolute atomic E-state index is 6.09. The molecule has 0 spiro atoms. The first-order chi connectivity index (χ1) is 10.8. The molecule has 0 amide bonds. The van der Waals surface area contributed by atoms with Crippen molar-refractivity contribution in [1.82, 2.24) is 10.2 Å². The third kappa shape index (κ3) is 4.03. The molecule has 2 aliphatic rings. The van der Waals surface area contributed by atoms with E-state index in [1.54, 1.807) is 6.26 Å². The van der Waals surface area contributed by atoms with Crippen LogP contribution in [0.4, 0.5) is 0 Å². The van der Waals surface area contributed by atoms with Crippen LogP contribution in [0, 0.1) is 0 Å². The summed E-state index contributed by atoms with van der Waals surface area (Å²) in [6, 6.07) is 4.71. The van der Waals surface area contributed by atoms with E-state index < -0.39 is 0 Å². The summed E-state index contributed by atoms with van der Waals surface area (Å²) < 4.78 is 5.62. The van der Waals surface area contributed by atoms with Gasteiger partial charge in [0.05, 0.1) is 18.8 Å². The number of nitrogens with two attached hydrogens (primary N) is 1. The highest BCUT2D eigenvalue weighted by Gasteiger charge is 2.25. The number of hydrogen-bond acceptors (Lipinski definition) is 3. The van der Waals surface area contributed by atoms with Crippen LogP contribution < -0.4 is 11.1 Å². The molecular weight excluding hydrogens is 276 g/mol. The van der Waals surface area contributed by atoms with Gasteiger partial charge in [-0.3, -0.25) is 9.89 Å². The van der Waals surface area contributed by atoms with E-state index in [2.05, 4.69) is 15.2 Å². The van der Waals surface area contributed by atoms with Crippen LogP contribution in [0.2, 0.25) is 0 Å². The summed E-state index contributed by atoms with van der Waals surface area (Å²) in [6.07, 6.45) is 10.6. The van der Waals surface area contributed by atoms with E-state index in [1.165, 1.54) is 44.9 Å². The molecule has 1 saturated carbocycles. The molecule has 1 aromatic rings. The van der Waals surface area contributed by atoms with Crippen molar-refractivity contribution in [2.24, 2.45) is 10.7 Å². The Morgan fingerprint density at radius 1 is 1.27 bits per heavy atom. The molecule has 1 atom stereocenters. The SMILES string of the molecule is NC(=NCC(c1ccco1)N1CCCC1)NC1CCCCC1. The second-order valence-electron chi connectivity index (χ2n) is 6.48. The molecule has 5 nitrogen and oxygen atoms in total. The van der Waals surface area contributed by atoms with Gasteiger partial charge in [-0.15, -0.1) is 0 Å². The fraction of sp³-hybridized carbons (Fsp3) is 0.706. The lowest BCUT2D eigenvalue weighted by atomic mass is 9.96. The van der Waals surface area contributed by atoms with E-state index >= 15 is 0 Å². The highest BCUT2D eigenvalue weighted by molar-refractivity contribution is 5.78. The third-order valence-electron chi connectivity index (χ3n) is 4.84. The van der Waals surface area contributed by atoms with Gasteiger partial charge in [-0.1, -0.05) is 19.3 Å². The smallest absolute Gasteiger partial charge is 0.188 e. The van der Waals surface area contributed by atoms with Gasteiger partial charge in [0.15, 0.2) is 5.96 Å². The lowest BCUT2D eigenvalue weighted by molar-refractivity contribution is 0.221. The van der Waals surface area contributed by atoms with Crippen molar-refractivity contribution >= 4 is 5.96 Å². The zero-order valence-corrected chi connectivity index (χ0v) is 13.3. The van der Waals surface area contributed by atoms with Crippen LogP contribution in [0.1, 0.15) is 56.7 Å². The maximum atomic E-state index is 6.09. The van der Waals surface area contributed by atoms with Gasteiger partial charge in [-0.2, -0.15) is 0 Å². The zero-order valence-electron chi connectivity index (χ0n) is 13.3. The van der Waals surface area contributed by atoms with E-state index in [0.29, 0.717) is 18.5 Å². The van der Waals surface area contributed by atoms with E-state index in [1.807, 2.05) is 12.1 Å². The standard InChI is InChI=1S/C17H28N4O/c18-17(20-14-7-2-1-3-8-14)19-13-15(16-9-6-12-22-16)21-10-4-5-11-21/h6,9,12,14-15H,1-5,7-8,10-11,13H2,(H3,18,19,20). The van der Waals surface area contributed by atoms with E-state index in [9.17, 15) is 0 Å². The normalized spacial score (nSPS) is 22.8. The molecule has 2 fully saturated rings. The molecule has 1 saturated heterocycles. The summed E-state index contributed by atoms with van der Waals surface area (Å²) >= 11 is 0. The Morgan fingerprint density at radius 2 is 2.05 bits per heavy atom. The Hall–Kier alpha value is -1.49. The number of hydrogen-bond donors (Lipinski definition) is 2. The van der Waals surface area contributed by atoms with E-state index in [0.717, 1.165) is 18.8 Å². The largest absolute Gasteiger partial charge is 0.468 e. The molecule has 0 radical (unpaired) electrons. The van der Waals surface area contributed by atoms with Gasteiger partial charge >= 0.3 is 0 Å². The molecule has 1 aromatic heterocycles. The number of rotatable bonds is 5. The molecular formula is C17H28N4O. The highest BCUT2D eigenvalue weighted by atomic mass is 16.3. The Labute approximate surface area is 133 Å². The zero-order chi connectivity index (χ0) is 15.2. The predicted octanol–water partition coefficient (Wildman–Crippen LogP) is 2.65. The quantitative estimate of drug-likeness (QED) is 0.648. The van der Waals surface area contributed by atoms with E-state index in [-0.39, 0.29) is 6.04 Å². The molecule has 0 bridgehead atoms. The van der Waals surface area contributed by atoms with Gasteiger partial charge in [0.25, 0.3) is 0 Å². The Morgan fingerprint density at radius 3 is 2.73 bits per heavy atom. The molecule has 3 N–H and O–H groups in total. The van der Waals surface area contributed by atoms with Gasteiger partial charge in [0, 0.05) is 6.04 Å². The highest BCUT2D eigenvalue weighted by Crippen LogP contribution is 2.25. The Balaban J connectivity index is 1.58. The van der Waals surface area contributed by atoms with Crippen LogP contribution >= 0.6 is 0 Å². The minimum absolute atomic E-state index is 0.212. The minimum atomic E-state index is 0.212. The molecule has 3 rings (SSSR count). The topological polar surface area (TPSA) is 66.8 Å². The average Bonchev–Trinajstić information content (AvgIpc) is 3.22. The third-order valence-corrected chi connectivity index (χ3v) is 4.84. The molecule has 1 aliphatic heterocycles. The fourth-order valence-electron chi connectivity index (χ4n) is 3.61. The van der Waals surface area contributed by atoms with Crippen LogP contribution in [0.15, 0.2) is 27.8 Å². The summed E-state index contributed by atoms with van der Waals surface area (Å²) in [5.74, 6) is 1.58. The van der Waals surface area contributed by atoms with Crippen LogP contribution in [-0.2, 0) is 0 Å². The van der Waals surface area contributed by atoms with Crippen LogP contribution in [0.3, 0.4) is 0 Å². The Bertz CT molecular complexity index is 459. The van der Waals surface area contributed by atoms with Gasteiger partial charge in [0.1, 0.15) is 5.76 Å². The summed E-state index contributed by atoms with van der Waals surface area (Å²) in [5, 5.41) is 3.39. The van der Waals surface area contributed by atoms with E-state index in [4.69, 9.17) is 10.2 Å². The lowest BCUT2D eigenvalue weighted by Gasteiger charge is -2.25. The monoisotopic (exact) mass is 304 g/mol. The van der Waals surface area contributed by atoms with Gasteiger partial charge < -0.3 is 15.5 Å². The average molecular weight is 304 g/mol. The van der Waals surface area contributed by atoms with Crippen molar-refractivity contribution in [2.45, 2.75) is 57.0 Å². The van der Waals surface area contributed by atoms with Crippen molar-refractivity contribution in [3.63, 3.8) is 0 Å². The van der Waals surface area contributed by atoms with Crippen molar-refractivity contribution < 1.29 is 4.42 Å². The van der Waals surface area contributed by atoms with Crippen LogP contribution in [0.5, 0.6) is 0 Å². The summed E-state index contributed by atoms with van der Waals surface area (Å²) in [7, 11) is 0. The molecule has 1 unspecified atom stereocenters. The second kappa shape index (κ2) is 7.68. The molecule has 122 valence electrons.